The first-order valence-corrected chi connectivity index (χ1v) is 7.01. The van der Waals surface area contributed by atoms with E-state index in [1.807, 2.05) is 0 Å². The monoisotopic (exact) mass is 299 g/mol. The second kappa shape index (κ2) is 6.19. The molecular weight excluding hydrogens is 282 g/mol. The van der Waals surface area contributed by atoms with Gasteiger partial charge in [0.15, 0.2) is 0 Å². The molecule has 4 nitrogen and oxygen atoms in total. The van der Waals surface area contributed by atoms with Crippen LogP contribution in [0.25, 0.3) is 0 Å². The molecule has 1 N–H and O–H groups in total. The highest BCUT2D eigenvalue weighted by molar-refractivity contribution is 9.10. The minimum atomic E-state index is 0.320. The van der Waals surface area contributed by atoms with E-state index in [2.05, 4.69) is 38.1 Å². The van der Waals surface area contributed by atoms with Crippen LogP contribution in [-0.4, -0.2) is 22.6 Å². The molecule has 0 unspecified atom stereocenters. The zero-order chi connectivity index (χ0) is 12.1. The molecule has 94 valence electrons. The number of anilines is 1. The second-order valence-corrected chi connectivity index (χ2v) is 5.09. The Hall–Kier alpha value is -0.840. The van der Waals surface area contributed by atoms with Crippen LogP contribution in [0.1, 0.15) is 39.0 Å². The summed E-state index contributed by atoms with van der Waals surface area (Å²) in [5.41, 5.74) is 0. The summed E-state index contributed by atoms with van der Waals surface area (Å²) in [6.45, 7) is 3.02. The highest BCUT2D eigenvalue weighted by Crippen LogP contribution is 2.31. The van der Waals surface area contributed by atoms with Crippen molar-refractivity contribution in [2.24, 2.45) is 0 Å². The van der Waals surface area contributed by atoms with Gasteiger partial charge in [0, 0.05) is 6.54 Å². The molecule has 0 spiro atoms. The molecule has 0 aromatic carbocycles. The van der Waals surface area contributed by atoms with Gasteiger partial charge in [-0.3, -0.25) is 0 Å². The normalized spacial score (nSPS) is 16.1. The number of rotatable bonds is 5. The Morgan fingerprint density at radius 3 is 2.88 bits per heavy atom. The van der Waals surface area contributed by atoms with Gasteiger partial charge in [0.25, 0.3) is 0 Å². The van der Waals surface area contributed by atoms with Gasteiger partial charge in [-0.1, -0.05) is 6.92 Å². The molecule has 0 amide bonds. The van der Waals surface area contributed by atoms with Gasteiger partial charge >= 0.3 is 0 Å². The number of halogens is 1. The quantitative estimate of drug-likeness (QED) is 0.905. The first-order valence-electron chi connectivity index (χ1n) is 6.22. The van der Waals surface area contributed by atoms with E-state index in [-0.39, 0.29) is 0 Å². The summed E-state index contributed by atoms with van der Waals surface area (Å²) in [7, 11) is 0. The molecule has 1 aliphatic rings. The van der Waals surface area contributed by atoms with Crippen molar-refractivity contribution in [3.05, 3.63) is 10.8 Å². The molecule has 1 fully saturated rings. The second-order valence-electron chi connectivity index (χ2n) is 4.29. The van der Waals surface area contributed by atoms with Crippen LogP contribution in [0.2, 0.25) is 0 Å². The van der Waals surface area contributed by atoms with Crippen LogP contribution in [0.15, 0.2) is 10.8 Å². The van der Waals surface area contributed by atoms with E-state index in [1.54, 1.807) is 6.33 Å². The number of nitrogens with zero attached hydrogens (tertiary/aromatic N) is 2. The lowest BCUT2D eigenvalue weighted by Gasteiger charge is -2.14. The Bertz CT molecular complexity index is 367. The van der Waals surface area contributed by atoms with Crippen LogP contribution in [-0.2, 0) is 0 Å². The summed E-state index contributed by atoms with van der Waals surface area (Å²) in [5, 5.41) is 3.25. The predicted octanol–water partition coefficient (Wildman–Crippen LogP) is 3.38. The highest BCUT2D eigenvalue weighted by Gasteiger charge is 2.19. The summed E-state index contributed by atoms with van der Waals surface area (Å²) >= 11 is 3.51. The maximum Gasteiger partial charge on any atom is 0.233 e. The van der Waals surface area contributed by atoms with E-state index in [4.69, 9.17) is 4.74 Å². The van der Waals surface area contributed by atoms with Crippen molar-refractivity contribution in [3.8, 4) is 5.88 Å². The van der Waals surface area contributed by atoms with Crippen LogP contribution < -0.4 is 10.1 Å². The molecule has 0 bridgehead atoms. The fourth-order valence-electron chi connectivity index (χ4n) is 1.97. The van der Waals surface area contributed by atoms with E-state index >= 15 is 0 Å². The molecule has 0 aliphatic heterocycles. The molecule has 0 saturated heterocycles. The van der Waals surface area contributed by atoms with Gasteiger partial charge in [0.2, 0.25) is 5.88 Å². The molecule has 1 aromatic heterocycles. The lowest BCUT2D eigenvalue weighted by Crippen LogP contribution is -2.13. The molecule has 0 atom stereocenters. The maximum absolute atomic E-state index is 5.89. The predicted molar refractivity (Wildman–Crippen MR) is 71.4 cm³/mol. The van der Waals surface area contributed by atoms with Crippen molar-refractivity contribution < 1.29 is 4.74 Å². The summed E-state index contributed by atoms with van der Waals surface area (Å²) in [6.07, 6.45) is 7.72. The van der Waals surface area contributed by atoms with Crippen LogP contribution in [0, 0.1) is 0 Å². The largest absolute Gasteiger partial charge is 0.473 e. The first-order chi connectivity index (χ1) is 8.31. The summed E-state index contributed by atoms with van der Waals surface area (Å²) in [6, 6.07) is 0. The third kappa shape index (κ3) is 3.31. The molecule has 0 radical (unpaired) electrons. The van der Waals surface area contributed by atoms with Crippen molar-refractivity contribution in [3.63, 3.8) is 0 Å². The first kappa shape index (κ1) is 12.6. The third-order valence-corrected chi connectivity index (χ3v) is 3.60. The number of nitrogens with one attached hydrogen (secondary N) is 1. The van der Waals surface area contributed by atoms with Gasteiger partial charge < -0.3 is 10.1 Å². The third-order valence-electron chi connectivity index (χ3n) is 2.88. The zero-order valence-electron chi connectivity index (χ0n) is 10.1. The lowest BCUT2D eigenvalue weighted by atomic mass is 10.3. The Morgan fingerprint density at radius 2 is 2.18 bits per heavy atom. The van der Waals surface area contributed by atoms with E-state index in [9.17, 15) is 0 Å². The molecule has 1 saturated carbocycles. The summed E-state index contributed by atoms with van der Waals surface area (Å²) in [5.74, 6) is 1.47. The van der Waals surface area contributed by atoms with E-state index in [0.717, 1.165) is 36.1 Å². The average molecular weight is 300 g/mol. The molecule has 2 rings (SSSR count). The van der Waals surface area contributed by atoms with Crippen molar-refractivity contribution in [2.75, 3.05) is 11.9 Å². The van der Waals surface area contributed by atoms with Crippen LogP contribution in [0.4, 0.5) is 5.82 Å². The van der Waals surface area contributed by atoms with E-state index in [0.29, 0.717) is 12.0 Å². The van der Waals surface area contributed by atoms with Gasteiger partial charge in [0.05, 0.1) is 0 Å². The molecule has 1 heterocycles. The number of aromatic nitrogens is 2. The molecule has 1 aliphatic carbocycles. The number of hydrogen-bond acceptors (Lipinski definition) is 4. The van der Waals surface area contributed by atoms with Crippen molar-refractivity contribution in [2.45, 2.75) is 45.1 Å². The van der Waals surface area contributed by atoms with Crippen molar-refractivity contribution in [1.29, 1.82) is 0 Å². The van der Waals surface area contributed by atoms with Gasteiger partial charge in [-0.25, -0.2) is 9.97 Å². The standard InChI is InChI=1S/C12H18BrN3O/c1-2-7-14-11-10(13)12(16-8-15-11)17-9-5-3-4-6-9/h8-9H,2-7H2,1H3,(H,14,15,16). The fraction of sp³-hybridized carbons (Fsp3) is 0.667. The summed E-state index contributed by atoms with van der Waals surface area (Å²) < 4.78 is 6.72. The lowest BCUT2D eigenvalue weighted by molar-refractivity contribution is 0.199. The van der Waals surface area contributed by atoms with Crippen molar-refractivity contribution in [1.82, 2.24) is 9.97 Å². The fourth-order valence-corrected chi connectivity index (χ4v) is 2.40. The number of ether oxygens (including phenoxy) is 1. The van der Waals surface area contributed by atoms with Crippen LogP contribution in [0.5, 0.6) is 5.88 Å². The Morgan fingerprint density at radius 1 is 1.41 bits per heavy atom. The van der Waals surface area contributed by atoms with Crippen LogP contribution in [0.3, 0.4) is 0 Å². The van der Waals surface area contributed by atoms with E-state index < -0.39 is 0 Å². The minimum absolute atomic E-state index is 0.320. The summed E-state index contributed by atoms with van der Waals surface area (Å²) in [4.78, 5) is 8.39. The van der Waals surface area contributed by atoms with Gasteiger partial charge in [-0.05, 0) is 48.0 Å². The molecule has 1 aromatic rings. The Balaban J connectivity index is 2.05. The highest BCUT2D eigenvalue weighted by atomic mass is 79.9. The van der Waals surface area contributed by atoms with Gasteiger partial charge in [-0.15, -0.1) is 0 Å². The smallest absolute Gasteiger partial charge is 0.233 e. The van der Waals surface area contributed by atoms with Gasteiger partial charge in [-0.2, -0.15) is 0 Å². The van der Waals surface area contributed by atoms with E-state index in [1.165, 1.54) is 12.8 Å². The molecular formula is C12H18BrN3O. The molecule has 5 heteroatoms. The van der Waals surface area contributed by atoms with Gasteiger partial charge in [0.1, 0.15) is 22.7 Å². The van der Waals surface area contributed by atoms with Crippen LogP contribution >= 0.6 is 15.9 Å². The number of hydrogen-bond donors (Lipinski definition) is 1. The Labute approximate surface area is 110 Å². The maximum atomic E-state index is 5.89. The minimum Gasteiger partial charge on any atom is -0.473 e. The SMILES string of the molecule is CCCNc1ncnc(OC2CCCC2)c1Br. The zero-order valence-corrected chi connectivity index (χ0v) is 11.7. The topological polar surface area (TPSA) is 47.0 Å². The van der Waals surface area contributed by atoms with Crippen molar-refractivity contribution >= 4 is 21.7 Å². The molecule has 17 heavy (non-hydrogen) atoms. The Kier molecular flexibility index (Phi) is 4.59. The average Bonchev–Trinajstić information content (AvgIpc) is 2.83.